The highest BCUT2D eigenvalue weighted by atomic mass is 16.6. The van der Waals surface area contributed by atoms with E-state index in [4.69, 9.17) is 5.26 Å². The molecule has 0 fully saturated rings. The third-order valence-corrected chi connectivity index (χ3v) is 2.58. The summed E-state index contributed by atoms with van der Waals surface area (Å²) in [4.78, 5) is 22.5. The molecule has 0 aromatic rings. The van der Waals surface area contributed by atoms with Crippen molar-refractivity contribution >= 4 is 11.9 Å². The maximum Gasteiger partial charge on any atom is 0.343 e. The molecule has 0 amide bonds. The van der Waals surface area contributed by atoms with E-state index < -0.39 is 11.9 Å². The van der Waals surface area contributed by atoms with Crippen LogP contribution < -0.4 is 0 Å². The Labute approximate surface area is 94.9 Å². The molecule has 0 spiro atoms. The second-order valence-electron chi connectivity index (χ2n) is 3.78. The molecule has 0 atom stereocenters. The molecule has 0 N–H and O–H groups in total. The van der Waals surface area contributed by atoms with Gasteiger partial charge in [0.2, 0.25) is 0 Å². The highest BCUT2D eigenvalue weighted by Crippen LogP contribution is 2.24. The Morgan fingerprint density at radius 1 is 1.12 bits per heavy atom. The minimum atomic E-state index is -0.642. The lowest BCUT2D eigenvalue weighted by Gasteiger charge is -1.99. The summed E-state index contributed by atoms with van der Waals surface area (Å²) >= 11 is 0. The molecule has 0 unspecified atom stereocenters. The van der Waals surface area contributed by atoms with Crippen molar-refractivity contribution in [2.75, 3.05) is 0 Å². The first-order valence-corrected chi connectivity index (χ1v) is 5.56. The van der Waals surface area contributed by atoms with Crippen LogP contribution in [-0.2, 0) is 14.3 Å². The van der Waals surface area contributed by atoms with Gasteiger partial charge in [0.1, 0.15) is 0 Å². The maximum absolute atomic E-state index is 11.3. The lowest BCUT2D eigenvalue weighted by atomic mass is 10.0. The van der Waals surface area contributed by atoms with Crippen molar-refractivity contribution in [3.05, 3.63) is 11.1 Å². The fourth-order valence-electron chi connectivity index (χ4n) is 1.69. The number of carbonyl (C=O) groups is 2. The van der Waals surface area contributed by atoms with E-state index in [0.717, 1.165) is 25.7 Å². The molecule has 0 radical (unpaired) electrons. The van der Waals surface area contributed by atoms with Crippen LogP contribution >= 0.6 is 0 Å². The molecule has 16 heavy (non-hydrogen) atoms. The number of nitrogens with zero attached hydrogens (tertiary/aromatic N) is 1. The Hall–Kier alpha value is -1.63. The van der Waals surface area contributed by atoms with Gasteiger partial charge in [-0.05, 0) is 12.8 Å². The van der Waals surface area contributed by atoms with Crippen molar-refractivity contribution in [3.8, 4) is 6.07 Å². The molecule has 1 rings (SSSR count). The van der Waals surface area contributed by atoms with Gasteiger partial charge in [0.25, 0.3) is 0 Å². The number of ether oxygens (including phenoxy) is 1. The molecule has 1 aliphatic heterocycles. The van der Waals surface area contributed by atoms with Gasteiger partial charge in [-0.1, -0.05) is 26.2 Å². The molecule has 0 saturated heterocycles. The zero-order chi connectivity index (χ0) is 12.0. The smallest absolute Gasteiger partial charge is 0.343 e. The number of hydrogen-bond donors (Lipinski definition) is 0. The van der Waals surface area contributed by atoms with Gasteiger partial charge < -0.3 is 4.74 Å². The second kappa shape index (κ2) is 6.06. The number of carbonyl (C=O) groups excluding carboxylic acids is 2. The third-order valence-electron chi connectivity index (χ3n) is 2.58. The van der Waals surface area contributed by atoms with Crippen LogP contribution in [0.5, 0.6) is 0 Å². The number of rotatable bonds is 6. The first-order chi connectivity index (χ1) is 7.70. The molecular formula is C12H15NO3. The van der Waals surface area contributed by atoms with Crippen molar-refractivity contribution in [2.24, 2.45) is 0 Å². The number of esters is 2. The van der Waals surface area contributed by atoms with Gasteiger partial charge in [-0.3, -0.25) is 0 Å². The zero-order valence-electron chi connectivity index (χ0n) is 9.41. The molecule has 1 aliphatic rings. The van der Waals surface area contributed by atoms with E-state index in [0.29, 0.717) is 12.0 Å². The van der Waals surface area contributed by atoms with Crippen LogP contribution in [-0.4, -0.2) is 11.9 Å². The average Bonchev–Trinajstić information content (AvgIpc) is 2.51. The largest absolute Gasteiger partial charge is 0.386 e. The topological polar surface area (TPSA) is 67.2 Å². The average molecular weight is 221 g/mol. The van der Waals surface area contributed by atoms with E-state index in [1.807, 2.05) is 6.07 Å². The summed E-state index contributed by atoms with van der Waals surface area (Å²) < 4.78 is 4.49. The summed E-state index contributed by atoms with van der Waals surface area (Å²) in [6, 6.07) is 1.88. The fraction of sp³-hybridized carbons (Fsp3) is 0.583. The van der Waals surface area contributed by atoms with Crippen LogP contribution in [0.2, 0.25) is 0 Å². The number of cyclic esters (lactones) is 2. The lowest BCUT2D eigenvalue weighted by molar-refractivity contribution is -0.151. The predicted molar refractivity (Wildman–Crippen MR) is 57.1 cm³/mol. The summed E-state index contributed by atoms with van der Waals surface area (Å²) in [6.07, 6.45) is 4.63. The van der Waals surface area contributed by atoms with E-state index in [1.165, 1.54) is 0 Å². The van der Waals surface area contributed by atoms with E-state index in [9.17, 15) is 9.59 Å². The Morgan fingerprint density at radius 3 is 2.44 bits per heavy atom. The molecule has 0 saturated carbocycles. The molecule has 0 aromatic heterocycles. The Bertz CT molecular complexity index is 363. The Kier molecular flexibility index (Phi) is 4.71. The predicted octanol–water partition coefficient (Wildman–Crippen LogP) is 2.25. The number of unbranched alkanes of at least 4 members (excludes halogenated alkanes) is 3. The normalized spacial score (nSPS) is 15.2. The molecule has 4 heteroatoms. The van der Waals surface area contributed by atoms with Gasteiger partial charge in [0.15, 0.2) is 0 Å². The van der Waals surface area contributed by atoms with Crippen LogP contribution in [0, 0.1) is 11.3 Å². The minimum absolute atomic E-state index is 0.0340. The lowest BCUT2D eigenvalue weighted by Crippen LogP contribution is -2.02. The molecule has 1 heterocycles. The Morgan fingerprint density at radius 2 is 1.81 bits per heavy atom. The van der Waals surface area contributed by atoms with Crippen molar-refractivity contribution in [1.29, 1.82) is 5.26 Å². The quantitative estimate of drug-likeness (QED) is 0.392. The number of hydrogen-bond acceptors (Lipinski definition) is 4. The summed E-state index contributed by atoms with van der Waals surface area (Å²) in [6.45, 7) is 2.10. The van der Waals surface area contributed by atoms with Crippen LogP contribution in [0.25, 0.3) is 0 Å². The minimum Gasteiger partial charge on any atom is -0.386 e. The summed E-state index contributed by atoms with van der Waals surface area (Å²) in [7, 11) is 0. The van der Waals surface area contributed by atoms with E-state index in [1.54, 1.807) is 0 Å². The van der Waals surface area contributed by atoms with Crippen molar-refractivity contribution in [2.45, 2.75) is 45.4 Å². The van der Waals surface area contributed by atoms with Gasteiger partial charge in [0.05, 0.1) is 18.1 Å². The monoisotopic (exact) mass is 221 g/mol. The molecule has 0 aliphatic carbocycles. The maximum atomic E-state index is 11.3. The van der Waals surface area contributed by atoms with Gasteiger partial charge in [-0.15, -0.1) is 0 Å². The standard InChI is InChI=1S/C12H15NO3/c1-2-3-4-5-6-9-10(7-8-13)12(15)16-11(9)14/h2-7H2,1H3. The van der Waals surface area contributed by atoms with Gasteiger partial charge in [0, 0.05) is 5.57 Å². The SMILES string of the molecule is CCCCCCC1=C(CC#N)C(=O)OC1=O. The van der Waals surface area contributed by atoms with E-state index >= 15 is 0 Å². The van der Waals surface area contributed by atoms with E-state index in [-0.39, 0.29) is 12.0 Å². The summed E-state index contributed by atoms with van der Waals surface area (Å²) in [5.41, 5.74) is 0.659. The Balaban J connectivity index is 2.61. The van der Waals surface area contributed by atoms with Crippen LogP contribution in [0.1, 0.15) is 45.4 Å². The fourth-order valence-corrected chi connectivity index (χ4v) is 1.69. The van der Waals surface area contributed by atoms with E-state index in [2.05, 4.69) is 11.7 Å². The van der Waals surface area contributed by atoms with Crippen molar-refractivity contribution in [1.82, 2.24) is 0 Å². The van der Waals surface area contributed by atoms with Crippen LogP contribution in [0.3, 0.4) is 0 Å². The highest BCUT2D eigenvalue weighted by Gasteiger charge is 2.31. The third kappa shape index (κ3) is 2.93. The molecule has 0 aromatic carbocycles. The van der Waals surface area contributed by atoms with Crippen molar-refractivity contribution in [3.63, 3.8) is 0 Å². The van der Waals surface area contributed by atoms with Gasteiger partial charge in [-0.25, -0.2) is 9.59 Å². The van der Waals surface area contributed by atoms with Gasteiger partial charge >= 0.3 is 11.9 Å². The first-order valence-electron chi connectivity index (χ1n) is 5.56. The van der Waals surface area contributed by atoms with Crippen LogP contribution in [0.4, 0.5) is 0 Å². The summed E-state index contributed by atoms with van der Waals surface area (Å²) in [5.74, 6) is -1.20. The second-order valence-corrected chi connectivity index (χ2v) is 3.78. The highest BCUT2D eigenvalue weighted by molar-refractivity contribution is 6.12. The zero-order valence-corrected chi connectivity index (χ0v) is 9.41. The van der Waals surface area contributed by atoms with Gasteiger partial charge in [-0.2, -0.15) is 5.26 Å². The molecule has 86 valence electrons. The summed E-state index contributed by atoms with van der Waals surface area (Å²) in [5, 5.41) is 8.55. The van der Waals surface area contributed by atoms with Crippen molar-refractivity contribution < 1.29 is 14.3 Å². The first kappa shape index (κ1) is 12.4. The number of nitriles is 1. The molecule has 4 nitrogen and oxygen atoms in total. The molecule has 0 bridgehead atoms. The molecular weight excluding hydrogens is 206 g/mol. The van der Waals surface area contributed by atoms with Crippen LogP contribution in [0.15, 0.2) is 11.1 Å².